The van der Waals surface area contributed by atoms with E-state index in [0.29, 0.717) is 23.2 Å². The van der Waals surface area contributed by atoms with E-state index in [-0.39, 0.29) is 5.91 Å². The van der Waals surface area contributed by atoms with Gasteiger partial charge in [-0.2, -0.15) is 0 Å². The highest BCUT2D eigenvalue weighted by Crippen LogP contribution is 2.24. The van der Waals surface area contributed by atoms with E-state index < -0.39 is 0 Å². The molecular formula is C16H17N3O2. The molecule has 0 unspecified atom stereocenters. The first-order chi connectivity index (χ1) is 10.2. The molecule has 0 radical (unpaired) electrons. The van der Waals surface area contributed by atoms with Crippen molar-refractivity contribution in [1.29, 1.82) is 0 Å². The summed E-state index contributed by atoms with van der Waals surface area (Å²) in [6, 6.07) is 11.3. The molecule has 5 nitrogen and oxygen atoms in total. The van der Waals surface area contributed by atoms with Crippen LogP contribution < -0.4 is 15.4 Å². The minimum absolute atomic E-state index is 0.204. The summed E-state index contributed by atoms with van der Waals surface area (Å²) in [4.78, 5) is 16.4. The summed E-state index contributed by atoms with van der Waals surface area (Å²) >= 11 is 0. The van der Waals surface area contributed by atoms with Gasteiger partial charge in [-0.25, -0.2) is 4.98 Å². The number of hydrogen-bond donors (Lipinski definition) is 2. The maximum atomic E-state index is 12.1. The van der Waals surface area contributed by atoms with Crippen LogP contribution in [0.15, 0.2) is 42.6 Å². The number of aromatic nitrogens is 1. The van der Waals surface area contributed by atoms with E-state index in [1.54, 1.807) is 43.6 Å². The minimum atomic E-state index is -0.204. The summed E-state index contributed by atoms with van der Waals surface area (Å²) in [7, 11) is 1.57. The number of benzene rings is 1. The maximum absolute atomic E-state index is 12.1. The molecule has 3 rings (SSSR count). The molecule has 2 N–H and O–H groups in total. The third-order valence-electron chi connectivity index (χ3n) is 3.29. The number of anilines is 2. The van der Waals surface area contributed by atoms with Crippen molar-refractivity contribution in [1.82, 2.24) is 4.98 Å². The molecule has 108 valence electrons. The molecule has 1 fully saturated rings. The molecule has 1 heterocycles. The Bertz CT molecular complexity index is 636. The monoisotopic (exact) mass is 283 g/mol. The van der Waals surface area contributed by atoms with Gasteiger partial charge in [-0.05, 0) is 43.2 Å². The van der Waals surface area contributed by atoms with Gasteiger partial charge in [0, 0.05) is 11.6 Å². The van der Waals surface area contributed by atoms with Gasteiger partial charge in [0.1, 0.15) is 11.6 Å². The molecule has 0 spiro atoms. The largest absolute Gasteiger partial charge is 0.497 e. The zero-order chi connectivity index (χ0) is 14.7. The molecule has 2 aromatic rings. The van der Waals surface area contributed by atoms with E-state index in [1.165, 1.54) is 12.8 Å². The Labute approximate surface area is 123 Å². The highest BCUT2D eigenvalue weighted by molar-refractivity contribution is 6.04. The average molecular weight is 283 g/mol. The smallest absolute Gasteiger partial charge is 0.256 e. The molecule has 0 aliphatic heterocycles. The number of carbonyl (C=O) groups is 1. The number of hydrogen-bond acceptors (Lipinski definition) is 4. The van der Waals surface area contributed by atoms with Crippen LogP contribution in [0.3, 0.4) is 0 Å². The Morgan fingerprint density at radius 2 is 2.14 bits per heavy atom. The van der Waals surface area contributed by atoms with Crippen LogP contribution in [0.4, 0.5) is 11.5 Å². The molecule has 0 atom stereocenters. The van der Waals surface area contributed by atoms with Crippen molar-refractivity contribution < 1.29 is 9.53 Å². The summed E-state index contributed by atoms with van der Waals surface area (Å²) in [6.45, 7) is 0. The summed E-state index contributed by atoms with van der Waals surface area (Å²) in [5.74, 6) is 0.980. The second kappa shape index (κ2) is 5.83. The van der Waals surface area contributed by atoms with Crippen LogP contribution in [-0.4, -0.2) is 24.0 Å². The van der Waals surface area contributed by atoms with Crippen LogP contribution >= 0.6 is 0 Å². The number of ether oxygens (including phenoxy) is 1. The van der Waals surface area contributed by atoms with Crippen molar-refractivity contribution >= 4 is 17.4 Å². The van der Waals surface area contributed by atoms with Crippen molar-refractivity contribution in [3.63, 3.8) is 0 Å². The van der Waals surface area contributed by atoms with Gasteiger partial charge in [-0.1, -0.05) is 6.07 Å². The van der Waals surface area contributed by atoms with E-state index in [1.807, 2.05) is 6.07 Å². The number of amides is 1. The fourth-order valence-corrected chi connectivity index (χ4v) is 1.97. The topological polar surface area (TPSA) is 63.2 Å². The standard InChI is InChI=1S/C16H17N3O2/c1-21-14-4-2-3-11(9-14)16(20)19-15-8-7-13(10-17-15)18-12-5-6-12/h2-4,7-10,12,18H,5-6H2,1H3,(H,17,19,20). The van der Waals surface area contributed by atoms with E-state index in [2.05, 4.69) is 15.6 Å². The van der Waals surface area contributed by atoms with Gasteiger partial charge in [0.2, 0.25) is 0 Å². The molecule has 1 saturated carbocycles. The first-order valence-electron chi connectivity index (χ1n) is 6.92. The summed E-state index contributed by atoms with van der Waals surface area (Å²) in [5, 5.41) is 6.12. The predicted octanol–water partition coefficient (Wildman–Crippen LogP) is 2.92. The predicted molar refractivity (Wildman–Crippen MR) is 81.8 cm³/mol. The molecule has 1 aliphatic carbocycles. The number of nitrogens with zero attached hydrogens (tertiary/aromatic N) is 1. The number of carbonyl (C=O) groups excluding carboxylic acids is 1. The van der Waals surface area contributed by atoms with Crippen molar-refractivity contribution in [3.05, 3.63) is 48.2 Å². The lowest BCUT2D eigenvalue weighted by atomic mass is 10.2. The first-order valence-corrected chi connectivity index (χ1v) is 6.92. The highest BCUT2D eigenvalue weighted by Gasteiger charge is 2.20. The number of pyridine rings is 1. The zero-order valence-corrected chi connectivity index (χ0v) is 11.8. The van der Waals surface area contributed by atoms with Crippen LogP contribution in [0, 0.1) is 0 Å². The summed E-state index contributed by atoms with van der Waals surface area (Å²) in [6.07, 6.45) is 4.17. The van der Waals surface area contributed by atoms with Gasteiger partial charge < -0.3 is 15.4 Å². The highest BCUT2D eigenvalue weighted by atomic mass is 16.5. The lowest BCUT2D eigenvalue weighted by Gasteiger charge is -2.07. The van der Waals surface area contributed by atoms with E-state index in [0.717, 1.165) is 5.69 Å². The second-order valence-electron chi connectivity index (χ2n) is 5.04. The second-order valence-corrected chi connectivity index (χ2v) is 5.04. The van der Waals surface area contributed by atoms with Gasteiger partial charge >= 0.3 is 0 Å². The zero-order valence-electron chi connectivity index (χ0n) is 11.8. The number of methoxy groups -OCH3 is 1. The molecular weight excluding hydrogens is 266 g/mol. The van der Waals surface area contributed by atoms with Crippen molar-refractivity contribution in [2.45, 2.75) is 18.9 Å². The van der Waals surface area contributed by atoms with Crippen LogP contribution in [0.1, 0.15) is 23.2 Å². The molecule has 0 bridgehead atoms. The van der Waals surface area contributed by atoms with Gasteiger partial charge in [-0.3, -0.25) is 4.79 Å². The quantitative estimate of drug-likeness (QED) is 0.885. The fourth-order valence-electron chi connectivity index (χ4n) is 1.97. The fraction of sp³-hybridized carbons (Fsp3) is 0.250. The Kier molecular flexibility index (Phi) is 3.73. The van der Waals surface area contributed by atoms with Gasteiger partial charge in [-0.15, -0.1) is 0 Å². The Hall–Kier alpha value is -2.56. The van der Waals surface area contributed by atoms with Crippen molar-refractivity contribution in [3.8, 4) is 5.75 Å². The normalized spacial score (nSPS) is 13.6. The number of rotatable bonds is 5. The SMILES string of the molecule is COc1cccc(C(=O)Nc2ccc(NC3CC3)cn2)c1. The van der Waals surface area contributed by atoms with Crippen molar-refractivity contribution in [2.75, 3.05) is 17.7 Å². The van der Waals surface area contributed by atoms with E-state index in [4.69, 9.17) is 4.74 Å². The Balaban J connectivity index is 1.65. The Morgan fingerprint density at radius 1 is 1.29 bits per heavy atom. The molecule has 1 aromatic carbocycles. The van der Waals surface area contributed by atoms with Gasteiger partial charge in [0.05, 0.1) is 19.0 Å². The van der Waals surface area contributed by atoms with Crippen LogP contribution in [0.25, 0.3) is 0 Å². The summed E-state index contributed by atoms with van der Waals surface area (Å²) in [5.41, 5.74) is 1.52. The van der Waals surface area contributed by atoms with Crippen LogP contribution in [0.5, 0.6) is 5.75 Å². The average Bonchev–Trinajstić information content (AvgIpc) is 3.33. The third-order valence-corrected chi connectivity index (χ3v) is 3.29. The van der Waals surface area contributed by atoms with Gasteiger partial charge in [0.25, 0.3) is 5.91 Å². The maximum Gasteiger partial charge on any atom is 0.256 e. The number of nitrogens with one attached hydrogen (secondary N) is 2. The molecule has 1 amide bonds. The first kappa shape index (κ1) is 13.4. The molecule has 21 heavy (non-hydrogen) atoms. The van der Waals surface area contributed by atoms with E-state index in [9.17, 15) is 4.79 Å². The van der Waals surface area contributed by atoms with Crippen molar-refractivity contribution in [2.24, 2.45) is 0 Å². The lowest BCUT2D eigenvalue weighted by Crippen LogP contribution is -2.13. The lowest BCUT2D eigenvalue weighted by molar-refractivity contribution is 0.102. The van der Waals surface area contributed by atoms with Gasteiger partial charge in [0.15, 0.2) is 0 Å². The molecule has 5 heteroatoms. The summed E-state index contributed by atoms with van der Waals surface area (Å²) < 4.78 is 5.11. The molecule has 1 aliphatic rings. The van der Waals surface area contributed by atoms with E-state index >= 15 is 0 Å². The Morgan fingerprint density at radius 3 is 2.81 bits per heavy atom. The molecule has 1 aromatic heterocycles. The molecule has 0 saturated heterocycles. The minimum Gasteiger partial charge on any atom is -0.497 e. The van der Waals surface area contributed by atoms with Crippen LogP contribution in [0.2, 0.25) is 0 Å². The van der Waals surface area contributed by atoms with Crippen LogP contribution in [-0.2, 0) is 0 Å². The third kappa shape index (κ3) is 3.51.